The summed E-state index contributed by atoms with van der Waals surface area (Å²) in [6.45, 7) is 4.67. The zero-order valence-electron chi connectivity index (χ0n) is 33.3. The van der Waals surface area contributed by atoms with Gasteiger partial charge in [-0.2, -0.15) is 9.97 Å². The average Bonchev–Trinajstić information content (AvgIpc) is 3.77. The first-order valence-corrected chi connectivity index (χ1v) is 20.6. The molecule has 11 aromatic rings. The number of aromatic nitrogens is 4. The van der Waals surface area contributed by atoms with Crippen LogP contribution in [0.3, 0.4) is 0 Å². The summed E-state index contributed by atoms with van der Waals surface area (Å²) >= 11 is 0. The molecule has 0 fully saturated rings. The second-order valence-corrected chi connectivity index (χ2v) is 16.4. The maximum Gasteiger partial charge on any atom is 0.238 e. The van der Waals surface area contributed by atoms with E-state index in [1.807, 2.05) is 6.07 Å². The van der Waals surface area contributed by atoms with Crippen LogP contribution in [0.2, 0.25) is 0 Å². The third-order valence-corrected chi connectivity index (χ3v) is 12.7. The van der Waals surface area contributed by atoms with Crippen LogP contribution in [0, 0.1) is 0 Å². The normalized spacial score (nSPS) is 13.0. The molecule has 0 radical (unpaired) electrons. The van der Waals surface area contributed by atoms with Gasteiger partial charge in [0.05, 0.1) is 11.0 Å². The van der Waals surface area contributed by atoms with E-state index in [0.29, 0.717) is 17.6 Å². The molecular weight excluding hydrogens is 729 g/mol. The summed E-state index contributed by atoms with van der Waals surface area (Å²) in [4.78, 5) is 16.0. The topological polar surface area (TPSA) is 43.6 Å². The van der Waals surface area contributed by atoms with Crippen LogP contribution >= 0.6 is 0 Å². The summed E-state index contributed by atoms with van der Waals surface area (Å²) < 4.78 is 2.28. The van der Waals surface area contributed by atoms with E-state index in [0.717, 1.165) is 49.6 Å². The number of rotatable bonds is 5. The van der Waals surface area contributed by atoms with Crippen molar-refractivity contribution in [3.63, 3.8) is 0 Å². The number of hydrogen-bond acceptors (Lipinski definition) is 3. The molecule has 0 N–H and O–H groups in total. The first-order valence-electron chi connectivity index (χ1n) is 20.6. The second-order valence-electron chi connectivity index (χ2n) is 16.4. The monoisotopic (exact) mass is 766 g/mol. The van der Waals surface area contributed by atoms with Gasteiger partial charge in [-0.1, -0.05) is 190 Å². The van der Waals surface area contributed by atoms with Gasteiger partial charge in [-0.15, -0.1) is 0 Å². The van der Waals surface area contributed by atoms with Crippen LogP contribution in [-0.2, 0) is 5.41 Å². The predicted molar refractivity (Wildman–Crippen MR) is 248 cm³/mol. The minimum Gasteiger partial charge on any atom is -0.277 e. The van der Waals surface area contributed by atoms with Crippen molar-refractivity contribution in [3.8, 4) is 62.1 Å². The summed E-state index contributed by atoms with van der Waals surface area (Å²) in [5, 5.41) is 7.03. The van der Waals surface area contributed by atoms with Gasteiger partial charge in [-0.05, 0) is 78.7 Å². The van der Waals surface area contributed by atoms with Gasteiger partial charge in [0.15, 0.2) is 11.6 Å². The molecule has 2 aromatic heterocycles. The van der Waals surface area contributed by atoms with Crippen molar-refractivity contribution in [2.45, 2.75) is 19.3 Å². The quantitative estimate of drug-likeness (QED) is 0.175. The molecule has 2 heterocycles. The Bertz CT molecular complexity index is 3510. The highest BCUT2D eigenvalue weighted by molar-refractivity contribution is 6.23. The lowest BCUT2D eigenvalue weighted by atomic mass is 9.82. The maximum atomic E-state index is 5.41. The third kappa shape index (κ3) is 5.27. The molecule has 0 saturated carbocycles. The number of benzene rings is 9. The highest BCUT2D eigenvalue weighted by Crippen LogP contribution is 2.50. The second kappa shape index (κ2) is 13.2. The summed E-state index contributed by atoms with van der Waals surface area (Å²) in [6.07, 6.45) is 0. The Morgan fingerprint density at radius 3 is 1.83 bits per heavy atom. The summed E-state index contributed by atoms with van der Waals surface area (Å²) in [5.74, 6) is 1.82. The van der Waals surface area contributed by atoms with Crippen molar-refractivity contribution in [2.75, 3.05) is 0 Å². The first kappa shape index (κ1) is 34.4. The standard InChI is InChI=1S/C56H38N4/c1-56(2)48-22-11-10-19-45(48)47-34-41(29-31-49(47)56)44-20-12-21-46-51-43-18-9-8-16-38(43)30-32-50(51)60(52(44)46)55-58-53(39-26-23-37(24-27-39)35-13-4-3-5-14-35)57-54(59-55)42-28-25-36-15-6-7-17-40(36)33-42/h3-34H,1-2H3. The minimum absolute atomic E-state index is 0.0793. The predicted octanol–water partition coefficient (Wildman–Crippen LogP) is 14.2. The van der Waals surface area contributed by atoms with Crippen molar-refractivity contribution < 1.29 is 0 Å². The molecule has 0 amide bonds. The highest BCUT2D eigenvalue weighted by atomic mass is 15.2. The van der Waals surface area contributed by atoms with E-state index in [1.165, 1.54) is 49.4 Å². The van der Waals surface area contributed by atoms with Crippen LogP contribution in [0.1, 0.15) is 25.0 Å². The smallest absolute Gasteiger partial charge is 0.238 e. The lowest BCUT2D eigenvalue weighted by Gasteiger charge is -2.21. The summed E-state index contributed by atoms with van der Waals surface area (Å²) in [6, 6.07) is 69.6. The number of hydrogen-bond donors (Lipinski definition) is 0. The van der Waals surface area contributed by atoms with Crippen LogP contribution in [-0.4, -0.2) is 19.5 Å². The molecule has 0 spiro atoms. The van der Waals surface area contributed by atoms with Crippen molar-refractivity contribution in [2.24, 2.45) is 0 Å². The Kier molecular flexibility index (Phi) is 7.54. The molecule has 0 unspecified atom stereocenters. The van der Waals surface area contributed by atoms with Crippen LogP contribution < -0.4 is 0 Å². The molecule has 0 saturated heterocycles. The Morgan fingerprint density at radius 2 is 0.983 bits per heavy atom. The van der Waals surface area contributed by atoms with E-state index in [2.05, 4.69) is 206 Å². The summed E-state index contributed by atoms with van der Waals surface area (Å²) in [5.41, 5.74) is 13.8. The van der Waals surface area contributed by atoms with Crippen LogP contribution in [0.25, 0.3) is 105 Å². The Labute approximate surface area is 348 Å². The van der Waals surface area contributed by atoms with Gasteiger partial charge in [0.25, 0.3) is 0 Å². The molecule has 0 atom stereocenters. The molecule has 0 bridgehead atoms. The van der Waals surface area contributed by atoms with Gasteiger partial charge in [0.2, 0.25) is 5.95 Å². The van der Waals surface area contributed by atoms with Gasteiger partial charge in [-0.3, -0.25) is 4.57 Å². The van der Waals surface area contributed by atoms with Crippen molar-refractivity contribution in [1.29, 1.82) is 0 Å². The molecule has 4 nitrogen and oxygen atoms in total. The van der Waals surface area contributed by atoms with Crippen LogP contribution in [0.15, 0.2) is 194 Å². The van der Waals surface area contributed by atoms with E-state index in [9.17, 15) is 0 Å². The Morgan fingerprint density at radius 1 is 0.383 bits per heavy atom. The molecule has 0 aliphatic heterocycles. The molecule has 282 valence electrons. The van der Waals surface area contributed by atoms with Gasteiger partial charge < -0.3 is 0 Å². The zero-order chi connectivity index (χ0) is 40.0. The van der Waals surface area contributed by atoms with E-state index in [-0.39, 0.29) is 5.41 Å². The fraction of sp³-hybridized carbons (Fsp3) is 0.0536. The molecule has 4 heteroatoms. The van der Waals surface area contributed by atoms with Crippen molar-refractivity contribution >= 4 is 43.4 Å². The maximum absolute atomic E-state index is 5.41. The SMILES string of the molecule is CC1(C)c2ccccc2-c2cc(-c3cccc4c5c6ccccc6ccc5n(-c5nc(-c6ccc(-c7ccccc7)cc6)nc(-c6ccc7ccccc7c6)n5)c34)ccc21. The fourth-order valence-corrected chi connectivity index (χ4v) is 9.66. The average molecular weight is 767 g/mol. The van der Waals surface area contributed by atoms with E-state index in [1.54, 1.807) is 0 Å². The van der Waals surface area contributed by atoms with Crippen LogP contribution in [0.5, 0.6) is 0 Å². The largest absolute Gasteiger partial charge is 0.277 e. The van der Waals surface area contributed by atoms with E-state index < -0.39 is 0 Å². The Balaban J connectivity index is 1.14. The van der Waals surface area contributed by atoms with Crippen molar-refractivity contribution in [3.05, 3.63) is 205 Å². The minimum atomic E-state index is -0.0793. The van der Waals surface area contributed by atoms with Crippen molar-refractivity contribution in [1.82, 2.24) is 19.5 Å². The van der Waals surface area contributed by atoms with E-state index in [4.69, 9.17) is 15.0 Å². The third-order valence-electron chi connectivity index (χ3n) is 12.7. The fourth-order valence-electron chi connectivity index (χ4n) is 9.66. The summed E-state index contributed by atoms with van der Waals surface area (Å²) in [7, 11) is 0. The molecule has 1 aliphatic carbocycles. The van der Waals surface area contributed by atoms with Gasteiger partial charge in [0, 0.05) is 32.9 Å². The molecule has 60 heavy (non-hydrogen) atoms. The molecule has 9 aromatic carbocycles. The van der Waals surface area contributed by atoms with Gasteiger partial charge in [0.1, 0.15) is 0 Å². The number of fused-ring (bicyclic) bond motifs is 9. The Hall–Kier alpha value is -7.69. The molecular formula is C56H38N4. The van der Waals surface area contributed by atoms with Gasteiger partial charge in [-0.25, -0.2) is 4.98 Å². The van der Waals surface area contributed by atoms with E-state index >= 15 is 0 Å². The first-order chi connectivity index (χ1) is 29.5. The number of nitrogens with zero attached hydrogens (tertiary/aromatic N) is 4. The van der Waals surface area contributed by atoms with Crippen LogP contribution in [0.4, 0.5) is 0 Å². The zero-order valence-corrected chi connectivity index (χ0v) is 33.3. The van der Waals surface area contributed by atoms with Gasteiger partial charge >= 0.3 is 0 Å². The highest BCUT2D eigenvalue weighted by Gasteiger charge is 2.35. The molecule has 12 rings (SSSR count). The lowest BCUT2D eigenvalue weighted by molar-refractivity contribution is 0.660. The lowest BCUT2D eigenvalue weighted by Crippen LogP contribution is -2.14. The number of para-hydroxylation sites is 1. The molecule has 1 aliphatic rings.